The molecule has 2 aliphatic rings. The highest BCUT2D eigenvalue weighted by molar-refractivity contribution is 5.52. The molecule has 3 aromatic heterocycles. The molecule has 4 heterocycles. The monoisotopic (exact) mass is 429 g/mol. The summed E-state index contributed by atoms with van der Waals surface area (Å²) in [6.07, 6.45) is 10.7. The van der Waals surface area contributed by atoms with Crippen LogP contribution >= 0.6 is 0 Å². The summed E-state index contributed by atoms with van der Waals surface area (Å²) in [5, 5.41) is 16.1. The first kappa shape index (κ1) is 18.9. The minimum Gasteiger partial charge on any atom is -0.403 e. The first-order chi connectivity index (χ1) is 15.8. The third-order valence-electron chi connectivity index (χ3n) is 6.24. The van der Waals surface area contributed by atoms with E-state index in [0.29, 0.717) is 35.5 Å². The molecule has 1 N–H and O–H groups in total. The fourth-order valence-electron chi connectivity index (χ4n) is 4.54. The maximum Gasteiger partial charge on any atom is 0.318 e. The molecule has 10 nitrogen and oxygen atoms in total. The second kappa shape index (κ2) is 8.03. The molecule has 1 aliphatic heterocycles. The number of hydrogen-bond acceptors (Lipinski definition) is 9. The maximum atomic E-state index is 5.92. The van der Waals surface area contributed by atoms with Gasteiger partial charge in [-0.2, -0.15) is 5.10 Å². The Kier molecular flexibility index (Phi) is 4.74. The molecule has 0 unspecified atom stereocenters. The molecule has 6 rings (SSSR count). The van der Waals surface area contributed by atoms with Crippen molar-refractivity contribution in [1.82, 2.24) is 34.9 Å². The van der Waals surface area contributed by atoms with Crippen molar-refractivity contribution in [3.05, 3.63) is 60.4 Å². The van der Waals surface area contributed by atoms with Crippen molar-refractivity contribution >= 4 is 12.0 Å². The predicted molar refractivity (Wildman–Crippen MR) is 117 cm³/mol. The Morgan fingerprint density at radius 2 is 1.72 bits per heavy atom. The molecule has 0 atom stereocenters. The average molecular weight is 429 g/mol. The van der Waals surface area contributed by atoms with Crippen molar-refractivity contribution in [3.8, 4) is 11.5 Å². The van der Waals surface area contributed by atoms with Crippen LogP contribution < -0.4 is 10.2 Å². The quantitative estimate of drug-likeness (QED) is 0.511. The minimum atomic E-state index is 0.314. The Morgan fingerprint density at radius 3 is 2.41 bits per heavy atom. The number of piperidine rings is 1. The standard InChI is InChI=1S/C22H23N9O/c1-2-4-16-10-18(9-15(16)3-1)27-21-24-11-17(12-25-21)20-28-29-22(32-20)30-7-5-19(6-8-30)31-14-23-13-26-31/h1-4,11-14,18-19H,5-10H2,(H,24,25,27). The van der Waals surface area contributed by atoms with Gasteiger partial charge in [0.25, 0.3) is 5.89 Å². The highest BCUT2D eigenvalue weighted by Gasteiger charge is 2.25. The van der Waals surface area contributed by atoms with Gasteiger partial charge >= 0.3 is 6.01 Å². The first-order valence-corrected chi connectivity index (χ1v) is 10.9. The lowest BCUT2D eigenvalue weighted by Crippen LogP contribution is -2.35. The van der Waals surface area contributed by atoms with Crippen LogP contribution in [-0.2, 0) is 12.8 Å². The normalized spacial score (nSPS) is 16.9. The van der Waals surface area contributed by atoms with Crippen LogP contribution in [0.25, 0.3) is 11.5 Å². The van der Waals surface area contributed by atoms with Gasteiger partial charge in [0, 0.05) is 31.5 Å². The fraction of sp³-hybridized carbons (Fsp3) is 0.364. The Bertz CT molecular complexity index is 1160. The number of rotatable bonds is 5. The average Bonchev–Trinajstić information content (AvgIpc) is 3.60. The topological polar surface area (TPSA) is 111 Å². The lowest BCUT2D eigenvalue weighted by atomic mass is 10.1. The minimum absolute atomic E-state index is 0.314. The Morgan fingerprint density at radius 1 is 0.969 bits per heavy atom. The van der Waals surface area contributed by atoms with Crippen molar-refractivity contribution in [2.45, 2.75) is 37.8 Å². The second-order valence-electron chi connectivity index (χ2n) is 8.30. The van der Waals surface area contributed by atoms with Gasteiger partial charge in [0.05, 0.1) is 11.6 Å². The number of aromatic nitrogens is 7. The van der Waals surface area contributed by atoms with Crippen LogP contribution in [0.4, 0.5) is 12.0 Å². The van der Waals surface area contributed by atoms with E-state index in [1.54, 1.807) is 25.0 Å². The maximum absolute atomic E-state index is 5.92. The highest BCUT2D eigenvalue weighted by Crippen LogP contribution is 2.28. The molecule has 0 spiro atoms. The Hall–Kier alpha value is -3.82. The van der Waals surface area contributed by atoms with Crippen molar-refractivity contribution in [2.24, 2.45) is 0 Å². The molecule has 1 fully saturated rings. The molecular weight excluding hydrogens is 406 g/mol. The van der Waals surface area contributed by atoms with E-state index in [9.17, 15) is 0 Å². The van der Waals surface area contributed by atoms with Crippen molar-refractivity contribution in [1.29, 1.82) is 0 Å². The Balaban J connectivity index is 1.08. The third kappa shape index (κ3) is 3.68. The SMILES string of the molecule is c1ccc2c(c1)CC(Nc1ncc(-c3nnc(N4CCC(n5cncn5)CC4)o3)cn1)C2. The number of nitrogens with zero attached hydrogens (tertiary/aromatic N) is 8. The molecule has 0 saturated carbocycles. The molecule has 0 radical (unpaired) electrons. The number of hydrogen-bond donors (Lipinski definition) is 1. The molecule has 1 saturated heterocycles. The molecule has 10 heteroatoms. The second-order valence-corrected chi connectivity index (χ2v) is 8.30. The van der Waals surface area contributed by atoms with Crippen molar-refractivity contribution in [2.75, 3.05) is 23.3 Å². The molecule has 4 aromatic rings. The Labute approximate surface area is 184 Å². The van der Waals surface area contributed by atoms with Crippen LogP contribution in [0.3, 0.4) is 0 Å². The van der Waals surface area contributed by atoms with Crippen molar-refractivity contribution < 1.29 is 4.42 Å². The zero-order chi connectivity index (χ0) is 21.3. The number of fused-ring (bicyclic) bond motifs is 1. The van der Waals surface area contributed by atoms with Crippen molar-refractivity contribution in [3.63, 3.8) is 0 Å². The van der Waals surface area contributed by atoms with Gasteiger partial charge in [-0.25, -0.2) is 19.6 Å². The summed E-state index contributed by atoms with van der Waals surface area (Å²) in [7, 11) is 0. The number of benzene rings is 1. The van der Waals surface area contributed by atoms with Crippen LogP contribution in [0.1, 0.15) is 30.0 Å². The van der Waals surface area contributed by atoms with Crippen LogP contribution in [0.5, 0.6) is 0 Å². The fourth-order valence-corrected chi connectivity index (χ4v) is 4.54. The predicted octanol–water partition coefficient (Wildman–Crippen LogP) is 2.54. The molecule has 1 aliphatic carbocycles. The summed E-state index contributed by atoms with van der Waals surface area (Å²) in [4.78, 5) is 15.1. The van der Waals surface area contributed by atoms with E-state index >= 15 is 0 Å². The van der Waals surface area contributed by atoms with E-state index in [1.165, 1.54) is 11.1 Å². The highest BCUT2D eigenvalue weighted by atomic mass is 16.4. The van der Waals surface area contributed by atoms with Crippen LogP contribution in [0, 0.1) is 0 Å². The zero-order valence-electron chi connectivity index (χ0n) is 17.5. The molecule has 0 bridgehead atoms. The summed E-state index contributed by atoms with van der Waals surface area (Å²) >= 11 is 0. The number of nitrogens with one attached hydrogen (secondary N) is 1. The molecule has 0 amide bonds. The van der Waals surface area contributed by atoms with E-state index in [1.807, 2.05) is 4.68 Å². The van der Waals surface area contributed by atoms with Gasteiger partial charge in [0.1, 0.15) is 12.7 Å². The van der Waals surface area contributed by atoms with E-state index in [-0.39, 0.29) is 0 Å². The lowest BCUT2D eigenvalue weighted by molar-refractivity contribution is 0.355. The van der Waals surface area contributed by atoms with Gasteiger partial charge in [0.2, 0.25) is 5.95 Å². The number of anilines is 2. The van der Waals surface area contributed by atoms with Gasteiger partial charge in [0.15, 0.2) is 0 Å². The van der Waals surface area contributed by atoms with Crippen LogP contribution in [0.15, 0.2) is 53.7 Å². The largest absolute Gasteiger partial charge is 0.403 e. The summed E-state index contributed by atoms with van der Waals surface area (Å²) in [6, 6.07) is 9.75. The van der Waals surface area contributed by atoms with Crippen LogP contribution in [-0.4, -0.2) is 54.1 Å². The zero-order valence-corrected chi connectivity index (χ0v) is 17.5. The van der Waals surface area contributed by atoms with Gasteiger partial charge in [-0.1, -0.05) is 29.4 Å². The first-order valence-electron chi connectivity index (χ1n) is 10.9. The molecule has 32 heavy (non-hydrogen) atoms. The molecular formula is C22H23N9O. The van der Waals surface area contributed by atoms with E-state index in [0.717, 1.165) is 38.8 Å². The summed E-state index contributed by atoms with van der Waals surface area (Å²) < 4.78 is 7.84. The van der Waals surface area contributed by atoms with Gasteiger partial charge < -0.3 is 14.6 Å². The lowest BCUT2D eigenvalue weighted by Gasteiger charge is -2.30. The smallest absolute Gasteiger partial charge is 0.318 e. The van der Waals surface area contributed by atoms with E-state index in [2.05, 4.69) is 64.7 Å². The van der Waals surface area contributed by atoms with Gasteiger partial charge in [-0.3, -0.25) is 0 Å². The molecule has 162 valence electrons. The van der Waals surface area contributed by atoms with Crippen LogP contribution in [0.2, 0.25) is 0 Å². The van der Waals surface area contributed by atoms with E-state index < -0.39 is 0 Å². The van der Waals surface area contributed by atoms with E-state index in [4.69, 9.17) is 4.42 Å². The van der Waals surface area contributed by atoms with Gasteiger partial charge in [-0.15, -0.1) is 5.10 Å². The summed E-state index contributed by atoms with van der Waals surface area (Å²) in [6.45, 7) is 1.66. The third-order valence-corrected chi connectivity index (χ3v) is 6.24. The molecule has 1 aromatic carbocycles. The summed E-state index contributed by atoms with van der Waals surface area (Å²) in [5.41, 5.74) is 3.50. The van der Waals surface area contributed by atoms with Gasteiger partial charge in [-0.05, 0) is 36.8 Å². The summed E-state index contributed by atoms with van der Waals surface area (Å²) in [5.74, 6) is 1.04.